The number of rotatable bonds is 7. The summed E-state index contributed by atoms with van der Waals surface area (Å²) >= 11 is 2.68. The van der Waals surface area contributed by atoms with Crippen LogP contribution in [0, 0.1) is 11.3 Å². The summed E-state index contributed by atoms with van der Waals surface area (Å²) in [6, 6.07) is 24.2. The number of nitrogens with two attached hydrogens (primary N) is 1. The molecule has 0 aliphatic carbocycles. The Labute approximate surface area is 226 Å². The van der Waals surface area contributed by atoms with E-state index in [0.717, 1.165) is 4.88 Å². The van der Waals surface area contributed by atoms with E-state index < -0.39 is 10.0 Å². The number of allylic oxidation sites excluding steroid dienone is 1. The van der Waals surface area contributed by atoms with Crippen LogP contribution in [0.3, 0.4) is 0 Å². The zero-order chi connectivity index (χ0) is 26.7. The number of thiophene rings is 1. The predicted octanol–water partition coefficient (Wildman–Crippen LogP) is 6.10. The molecule has 3 N–H and O–H groups in total. The molecule has 0 spiro atoms. The highest BCUT2D eigenvalue weighted by molar-refractivity contribution is 7.89. The van der Waals surface area contributed by atoms with Gasteiger partial charge in [-0.15, -0.1) is 11.3 Å². The lowest BCUT2D eigenvalue weighted by molar-refractivity contribution is 0.102. The summed E-state index contributed by atoms with van der Waals surface area (Å²) in [7, 11) is -3.80. The fourth-order valence-electron chi connectivity index (χ4n) is 3.54. The summed E-state index contributed by atoms with van der Waals surface area (Å²) < 4.78 is 28.9. The maximum atomic E-state index is 12.8. The Bertz CT molecular complexity index is 1780. The van der Waals surface area contributed by atoms with Crippen LogP contribution in [0.25, 0.3) is 33.5 Å². The molecule has 188 valence electrons. The van der Waals surface area contributed by atoms with Crippen LogP contribution in [-0.4, -0.2) is 19.3 Å². The molecule has 2 aromatic carbocycles. The second-order valence-corrected chi connectivity index (χ2v) is 11.4. The van der Waals surface area contributed by atoms with Gasteiger partial charge in [0.15, 0.2) is 0 Å². The SMILES string of the molecule is N#CC(=Cc1ccc(-c2ccc(S(N)(=O)=O)cc2)o1)c1nc(-c2cccs2)c(NC(=O)c2ccccc2)s1. The Kier molecular flexibility index (Phi) is 7.04. The first-order valence-electron chi connectivity index (χ1n) is 11.1. The maximum absolute atomic E-state index is 12.8. The number of benzene rings is 2. The molecule has 8 nitrogen and oxygen atoms in total. The second-order valence-electron chi connectivity index (χ2n) is 7.94. The van der Waals surface area contributed by atoms with Crippen LogP contribution in [0.2, 0.25) is 0 Å². The van der Waals surface area contributed by atoms with Gasteiger partial charge in [-0.3, -0.25) is 4.79 Å². The number of carbonyl (C=O) groups is 1. The van der Waals surface area contributed by atoms with E-state index in [9.17, 15) is 18.5 Å². The van der Waals surface area contributed by atoms with Crippen LogP contribution in [0.1, 0.15) is 21.1 Å². The van der Waals surface area contributed by atoms with Gasteiger partial charge in [-0.2, -0.15) is 5.26 Å². The number of hydrogen-bond acceptors (Lipinski definition) is 8. The average molecular weight is 559 g/mol. The smallest absolute Gasteiger partial charge is 0.256 e. The van der Waals surface area contributed by atoms with Crippen molar-refractivity contribution in [1.29, 1.82) is 5.26 Å². The topological polar surface area (TPSA) is 139 Å². The Morgan fingerprint density at radius 2 is 1.79 bits per heavy atom. The number of thiazole rings is 1. The number of amides is 1. The first-order valence-corrected chi connectivity index (χ1v) is 14.3. The van der Waals surface area contributed by atoms with E-state index in [-0.39, 0.29) is 16.4 Å². The van der Waals surface area contributed by atoms with Crippen molar-refractivity contribution in [3.05, 3.63) is 101 Å². The third kappa shape index (κ3) is 5.49. The normalized spacial score (nSPS) is 11.7. The number of nitriles is 1. The highest BCUT2D eigenvalue weighted by Crippen LogP contribution is 2.39. The standard InChI is InChI=1S/C27H18N4O4S3/c28-16-19(15-20-10-13-22(35-20)17-8-11-21(12-9-17)38(29,33)34)26-30-24(23-7-4-14-36-23)27(37-26)31-25(32)18-5-2-1-3-6-18/h1-15H,(H,31,32)(H2,29,33,34). The third-order valence-electron chi connectivity index (χ3n) is 5.38. The maximum Gasteiger partial charge on any atom is 0.256 e. The molecule has 0 saturated carbocycles. The number of hydrogen-bond donors (Lipinski definition) is 2. The van der Waals surface area contributed by atoms with Crippen molar-refractivity contribution in [2.45, 2.75) is 4.90 Å². The molecular weight excluding hydrogens is 541 g/mol. The van der Waals surface area contributed by atoms with E-state index in [1.807, 2.05) is 23.6 Å². The van der Waals surface area contributed by atoms with Gasteiger partial charge in [0, 0.05) is 17.2 Å². The lowest BCUT2D eigenvalue weighted by atomic mass is 10.2. The number of furan rings is 1. The molecule has 5 aromatic rings. The van der Waals surface area contributed by atoms with Gasteiger partial charge in [-0.1, -0.05) is 35.6 Å². The first kappa shape index (κ1) is 25.3. The molecule has 0 radical (unpaired) electrons. The number of aromatic nitrogens is 1. The van der Waals surface area contributed by atoms with E-state index >= 15 is 0 Å². The zero-order valence-electron chi connectivity index (χ0n) is 19.5. The van der Waals surface area contributed by atoms with Crippen molar-refractivity contribution in [3.63, 3.8) is 0 Å². The molecule has 38 heavy (non-hydrogen) atoms. The minimum atomic E-state index is -3.80. The van der Waals surface area contributed by atoms with E-state index in [1.165, 1.54) is 34.8 Å². The van der Waals surface area contributed by atoms with Gasteiger partial charge in [0.1, 0.15) is 33.3 Å². The van der Waals surface area contributed by atoms with Crippen LogP contribution in [0.5, 0.6) is 0 Å². The van der Waals surface area contributed by atoms with Gasteiger partial charge >= 0.3 is 0 Å². The molecule has 0 aliphatic rings. The third-order valence-corrected chi connectivity index (χ3v) is 8.19. The quantitative estimate of drug-likeness (QED) is 0.232. The summed E-state index contributed by atoms with van der Waals surface area (Å²) in [5.74, 6) is 0.628. The van der Waals surface area contributed by atoms with E-state index in [4.69, 9.17) is 9.56 Å². The summed E-state index contributed by atoms with van der Waals surface area (Å²) in [6.45, 7) is 0. The molecule has 0 saturated heterocycles. The molecule has 3 heterocycles. The van der Waals surface area contributed by atoms with Crippen molar-refractivity contribution < 1.29 is 17.6 Å². The van der Waals surface area contributed by atoms with Gasteiger partial charge in [0.25, 0.3) is 5.91 Å². The Hall–Kier alpha value is -4.34. The lowest BCUT2D eigenvalue weighted by Crippen LogP contribution is -2.11. The molecule has 0 aliphatic heterocycles. The lowest BCUT2D eigenvalue weighted by Gasteiger charge is -2.04. The van der Waals surface area contributed by atoms with Crippen LogP contribution in [-0.2, 0) is 10.0 Å². The molecule has 3 aromatic heterocycles. The van der Waals surface area contributed by atoms with Gasteiger partial charge in [0.05, 0.1) is 15.3 Å². The number of carbonyl (C=O) groups excluding carboxylic acids is 1. The molecule has 0 fully saturated rings. The number of primary sulfonamides is 1. The van der Waals surface area contributed by atoms with Crippen LogP contribution >= 0.6 is 22.7 Å². The van der Waals surface area contributed by atoms with Gasteiger partial charge < -0.3 is 9.73 Å². The van der Waals surface area contributed by atoms with Crippen molar-refractivity contribution in [2.24, 2.45) is 5.14 Å². The highest BCUT2D eigenvalue weighted by atomic mass is 32.2. The molecule has 0 bridgehead atoms. The number of sulfonamides is 1. The van der Waals surface area contributed by atoms with Crippen LogP contribution in [0.15, 0.2) is 93.6 Å². The zero-order valence-corrected chi connectivity index (χ0v) is 21.9. The minimum absolute atomic E-state index is 0.000154. The molecule has 0 unspecified atom stereocenters. The fraction of sp³-hybridized carbons (Fsp3) is 0. The monoisotopic (exact) mass is 558 g/mol. The largest absolute Gasteiger partial charge is 0.457 e. The Balaban J connectivity index is 1.46. The van der Waals surface area contributed by atoms with Crippen LogP contribution < -0.4 is 10.5 Å². The van der Waals surface area contributed by atoms with Gasteiger partial charge in [-0.05, 0) is 60.0 Å². The van der Waals surface area contributed by atoms with Gasteiger partial charge in [-0.25, -0.2) is 18.5 Å². The summed E-state index contributed by atoms with van der Waals surface area (Å²) in [5.41, 5.74) is 2.01. The molecular formula is C27H18N4O4S3. The van der Waals surface area contributed by atoms with Crippen molar-refractivity contribution in [3.8, 4) is 28.0 Å². The van der Waals surface area contributed by atoms with E-state index in [0.29, 0.717) is 38.4 Å². The first-order chi connectivity index (χ1) is 18.3. The van der Waals surface area contributed by atoms with Gasteiger partial charge in [0.2, 0.25) is 10.0 Å². The van der Waals surface area contributed by atoms with E-state index in [1.54, 1.807) is 54.6 Å². The Morgan fingerprint density at radius 1 is 1.03 bits per heavy atom. The average Bonchev–Trinajstić information content (AvgIpc) is 3.69. The number of nitrogens with one attached hydrogen (secondary N) is 1. The summed E-state index contributed by atoms with van der Waals surface area (Å²) in [6.07, 6.45) is 1.57. The second kappa shape index (κ2) is 10.6. The predicted molar refractivity (Wildman–Crippen MR) is 149 cm³/mol. The number of nitrogens with zero attached hydrogens (tertiary/aromatic N) is 2. The van der Waals surface area contributed by atoms with Crippen molar-refractivity contribution in [1.82, 2.24) is 4.98 Å². The van der Waals surface area contributed by atoms with Crippen LogP contribution in [0.4, 0.5) is 5.00 Å². The highest BCUT2D eigenvalue weighted by Gasteiger charge is 2.20. The summed E-state index contributed by atoms with van der Waals surface area (Å²) in [4.78, 5) is 18.4. The molecule has 11 heteroatoms. The fourth-order valence-corrected chi connectivity index (χ4v) is 5.78. The Morgan fingerprint density at radius 3 is 2.45 bits per heavy atom. The summed E-state index contributed by atoms with van der Waals surface area (Å²) in [5, 5.41) is 20.9. The van der Waals surface area contributed by atoms with Crippen molar-refractivity contribution in [2.75, 3.05) is 5.32 Å². The molecule has 1 amide bonds. The van der Waals surface area contributed by atoms with Crippen molar-refractivity contribution >= 4 is 55.3 Å². The molecule has 0 atom stereocenters. The van der Waals surface area contributed by atoms with E-state index in [2.05, 4.69) is 16.4 Å². The minimum Gasteiger partial charge on any atom is -0.457 e. The molecule has 5 rings (SSSR count). The number of anilines is 1.